The van der Waals surface area contributed by atoms with Crippen LogP contribution >= 0.6 is 34.4 Å². The molecule has 1 N–H and O–H groups in total. The van der Waals surface area contributed by atoms with Gasteiger partial charge >= 0.3 is 0 Å². The van der Waals surface area contributed by atoms with Crippen molar-refractivity contribution in [3.05, 3.63) is 45.4 Å². The molecule has 0 unspecified atom stereocenters. The number of fused-ring (bicyclic) bond motifs is 2. The maximum absolute atomic E-state index is 11.9. The first-order valence-electron chi connectivity index (χ1n) is 6.08. The molecular formula is C13H8N4OS3. The maximum atomic E-state index is 11.9. The highest BCUT2D eigenvalue weighted by molar-refractivity contribution is 7.98. The number of aromatic nitrogens is 4. The minimum absolute atomic E-state index is 0.0750. The molecule has 0 aromatic carbocycles. The molecule has 0 fully saturated rings. The first-order chi connectivity index (χ1) is 10.3. The van der Waals surface area contributed by atoms with Crippen molar-refractivity contribution in [3.63, 3.8) is 0 Å². The molecule has 0 atom stereocenters. The molecule has 8 heteroatoms. The summed E-state index contributed by atoms with van der Waals surface area (Å²) in [6.45, 7) is 0. The fraction of sp³-hybridized carbons (Fsp3) is 0.0769. The molecule has 0 amide bonds. The smallest absolute Gasteiger partial charge is 0.268 e. The monoisotopic (exact) mass is 332 g/mol. The quantitative estimate of drug-likeness (QED) is 0.460. The summed E-state index contributed by atoms with van der Waals surface area (Å²) in [6.07, 6.45) is 1.57. The zero-order chi connectivity index (χ0) is 14.2. The van der Waals surface area contributed by atoms with Gasteiger partial charge in [0.05, 0.1) is 11.3 Å². The van der Waals surface area contributed by atoms with Crippen LogP contribution < -0.4 is 5.56 Å². The lowest BCUT2D eigenvalue weighted by Gasteiger charge is -2.02. The number of hydrogen-bond acceptors (Lipinski definition) is 7. The van der Waals surface area contributed by atoms with E-state index >= 15 is 0 Å². The second-order valence-electron chi connectivity index (χ2n) is 4.25. The third-order valence-corrected chi connectivity index (χ3v) is 5.67. The third-order valence-electron chi connectivity index (χ3n) is 2.93. The summed E-state index contributed by atoms with van der Waals surface area (Å²) in [5, 5.41) is 5.84. The summed E-state index contributed by atoms with van der Waals surface area (Å²) < 4.78 is 0.672. The fourth-order valence-corrected chi connectivity index (χ4v) is 4.38. The molecule has 5 nitrogen and oxygen atoms in total. The van der Waals surface area contributed by atoms with Crippen LogP contribution in [-0.4, -0.2) is 19.9 Å². The molecule has 0 aliphatic rings. The summed E-state index contributed by atoms with van der Waals surface area (Å²) in [6, 6.07) is 3.88. The molecule has 0 aliphatic heterocycles. The molecule has 4 heterocycles. The van der Waals surface area contributed by atoms with E-state index in [0.717, 1.165) is 20.8 Å². The predicted octanol–water partition coefficient (Wildman–Crippen LogP) is 3.28. The second-order valence-corrected chi connectivity index (χ2v) is 7.03. The van der Waals surface area contributed by atoms with Gasteiger partial charge in [-0.25, -0.2) is 15.0 Å². The Morgan fingerprint density at radius 1 is 1.19 bits per heavy atom. The Morgan fingerprint density at radius 3 is 3.05 bits per heavy atom. The lowest BCUT2D eigenvalue weighted by molar-refractivity contribution is 1.04. The summed E-state index contributed by atoms with van der Waals surface area (Å²) in [7, 11) is 0. The van der Waals surface area contributed by atoms with Gasteiger partial charge in [0.1, 0.15) is 26.7 Å². The van der Waals surface area contributed by atoms with Gasteiger partial charge in [0.2, 0.25) is 0 Å². The second kappa shape index (κ2) is 5.21. The fourth-order valence-electron chi connectivity index (χ4n) is 2.01. The average molecular weight is 332 g/mol. The molecule has 0 spiro atoms. The van der Waals surface area contributed by atoms with E-state index < -0.39 is 0 Å². The van der Waals surface area contributed by atoms with Crippen LogP contribution in [0.25, 0.3) is 20.4 Å². The van der Waals surface area contributed by atoms with Crippen LogP contribution in [0.3, 0.4) is 0 Å². The molecule has 104 valence electrons. The van der Waals surface area contributed by atoms with Gasteiger partial charge in [-0.15, -0.1) is 22.7 Å². The average Bonchev–Trinajstić information content (AvgIpc) is 3.13. The standard InChI is InChI=1S/C13H8N4OS3/c18-11-10-8(2-4-19-10)16-9(17-11)5-21-13-7-1-3-20-12(7)14-6-15-13/h1-4,6H,5H2,(H,16,17,18). The minimum atomic E-state index is -0.0750. The number of thioether (sulfide) groups is 1. The third kappa shape index (κ3) is 2.35. The summed E-state index contributed by atoms with van der Waals surface area (Å²) in [5.74, 6) is 1.24. The van der Waals surface area contributed by atoms with Gasteiger partial charge in [-0.05, 0) is 22.9 Å². The van der Waals surface area contributed by atoms with Gasteiger partial charge in [-0.3, -0.25) is 4.79 Å². The van der Waals surface area contributed by atoms with E-state index in [9.17, 15) is 4.79 Å². The summed E-state index contributed by atoms with van der Waals surface area (Å²) in [4.78, 5) is 28.7. The van der Waals surface area contributed by atoms with E-state index in [1.807, 2.05) is 22.9 Å². The molecule has 4 rings (SSSR count). The highest BCUT2D eigenvalue weighted by Gasteiger charge is 2.08. The van der Waals surface area contributed by atoms with E-state index in [4.69, 9.17) is 0 Å². The van der Waals surface area contributed by atoms with Crippen LogP contribution in [0.2, 0.25) is 0 Å². The topological polar surface area (TPSA) is 71.5 Å². The van der Waals surface area contributed by atoms with Gasteiger partial charge in [0.15, 0.2) is 0 Å². The van der Waals surface area contributed by atoms with Crippen LogP contribution in [0.1, 0.15) is 5.82 Å². The molecule has 4 aromatic rings. The van der Waals surface area contributed by atoms with Gasteiger partial charge in [0.25, 0.3) is 5.56 Å². The Morgan fingerprint density at radius 2 is 2.10 bits per heavy atom. The zero-order valence-electron chi connectivity index (χ0n) is 10.6. The lowest BCUT2D eigenvalue weighted by atomic mass is 10.4. The molecule has 0 bridgehead atoms. The Bertz CT molecular complexity index is 988. The minimum Gasteiger partial charge on any atom is -0.309 e. The van der Waals surface area contributed by atoms with Crippen molar-refractivity contribution in [3.8, 4) is 0 Å². The number of hydrogen-bond donors (Lipinski definition) is 1. The first kappa shape index (κ1) is 12.9. The highest BCUT2D eigenvalue weighted by Crippen LogP contribution is 2.29. The summed E-state index contributed by atoms with van der Waals surface area (Å²) >= 11 is 4.55. The van der Waals surface area contributed by atoms with E-state index in [-0.39, 0.29) is 5.56 Å². The van der Waals surface area contributed by atoms with Crippen LogP contribution in [0.5, 0.6) is 0 Å². The maximum Gasteiger partial charge on any atom is 0.268 e. The Labute approximate surface area is 131 Å². The number of nitrogens with zero attached hydrogens (tertiary/aromatic N) is 3. The van der Waals surface area contributed by atoms with Gasteiger partial charge in [0, 0.05) is 5.39 Å². The van der Waals surface area contributed by atoms with Crippen molar-refractivity contribution in [2.45, 2.75) is 10.8 Å². The van der Waals surface area contributed by atoms with Crippen molar-refractivity contribution in [2.75, 3.05) is 0 Å². The molecule has 0 aliphatic carbocycles. The number of rotatable bonds is 3. The Balaban J connectivity index is 1.66. The largest absolute Gasteiger partial charge is 0.309 e. The van der Waals surface area contributed by atoms with Crippen molar-refractivity contribution < 1.29 is 0 Å². The molecule has 21 heavy (non-hydrogen) atoms. The molecule has 0 saturated carbocycles. The highest BCUT2D eigenvalue weighted by atomic mass is 32.2. The van der Waals surface area contributed by atoms with Crippen molar-refractivity contribution in [1.29, 1.82) is 0 Å². The lowest BCUT2D eigenvalue weighted by Crippen LogP contribution is -2.09. The number of thiophene rings is 2. The van der Waals surface area contributed by atoms with Crippen LogP contribution in [0, 0.1) is 0 Å². The number of aromatic amines is 1. The molecular weight excluding hydrogens is 324 g/mol. The SMILES string of the molecule is O=c1[nH]c(CSc2ncnc3sccc23)nc2ccsc12. The molecule has 0 saturated heterocycles. The number of H-pyrrole nitrogens is 1. The summed E-state index contributed by atoms with van der Waals surface area (Å²) in [5.41, 5.74) is 0.677. The van der Waals surface area contributed by atoms with Crippen LogP contribution in [0.4, 0.5) is 0 Å². The van der Waals surface area contributed by atoms with Gasteiger partial charge in [-0.2, -0.15) is 0 Å². The molecule has 0 radical (unpaired) electrons. The van der Waals surface area contributed by atoms with E-state index in [2.05, 4.69) is 19.9 Å². The van der Waals surface area contributed by atoms with Crippen molar-refractivity contribution in [2.24, 2.45) is 0 Å². The zero-order valence-corrected chi connectivity index (χ0v) is 13.0. The van der Waals surface area contributed by atoms with Crippen molar-refractivity contribution >= 4 is 54.9 Å². The molecule has 4 aromatic heterocycles. The van der Waals surface area contributed by atoms with Gasteiger partial charge in [-0.1, -0.05) is 11.8 Å². The van der Waals surface area contributed by atoms with Gasteiger partial charge < -0.3 is 4.98 Å². The van der Waals surface area contributed by atoms with Crippen LogP contribution in [-0.2, 0) is 5.75 Å². The normalized spacial score (nSPS) is 11.4. The van der Waals surface area contributed by atoms with E-state index in [1.54, 1.807) is 29.4 Å². The van der Waals surface area contributed by atoms with Crippen molar-refractivity contribution in [1.82, 2.24) is 19.9 Å². The van der Waals surface area contributed by atoms with Crippen LogP contribution in [0.15, 0.2) is 39.0 Å². The Hall–Kier alpha value is -1.77. The van der Waals surface area contributed by atoms with E-state index in [1.165, 1.54) is 11.3 Å². The van der Waals surface area contributed by atoms with E-state index in [0.29, 0.717) is 16.3 Å². The first-order valence-corrected chi connectivity index (χ1v) is 8.83. The Kier molecular flexibility index (Phi) is 3.21. The number of nitrogens with one attached hydrogen (secondary N) is 1. The predicted molar refractivity (Wildman–Crippen MR) is 87.2 cm³/mol.